The van der Waals surface area contributed by atoms with Gasteiger partial charge in [0.1, 0.15) is 24.3 Å². The van der Waals surface area contributed by atoms with E-state index in [1.54, 1.807) is 13.3 Å². The van der Waals surface area contributed by atoms with Crippen LogP contribution in [-0.4, -0.2) is 47.9 Å². The SMILES string of the molecule is COc1ccc(CCN2C(=O)CN(C)C2c2ccc(OCc3ccccn3)cc2)cc1. The lowest BCUT2D eigenvalue weighted by Crippen LogP contribution is -2.32. The van der Waals surface area contributed by atoms with Crippen molar-refractivity contribution in [1.29, 1.82) is 0 Å². The van der Waals surface area contributed by atoms with E-state index in [4.69, 9.17) is 9.47 Å². The van der Waals surface area contributed by atoms with Crippen molar-refractivity contribution in [2.45, 2.75) is 19.2 Å². The van der Waals surface area contributed by atoms with E-state index in [2.05, 4.69) is 9.88 Å². The van der Waals surface area contributed by atoms with Gasteiger partial charge in [0, 0.05) is 12.7 Å². The molecule has 1 amide bonds. The Morgan fingerprint density at radius 3 is 2.42 bits per heavy atom. The molecule has 1 unspecified atom stereocenters. The predicted octanol–water partition coefficient (Wildman–Crippen LogP) is 3.68. The molecule has 0 spiro atoms. The Morgan fingerprint density at radius 2 is 1.74 bits per heavy atom. The summed E-state index contributed by atoms with van der Waals surface area (Å²) in [5.41, 5.74) is 3.14. The fourth-order valence-corrected chi connectivity index (χ4v) is 3.87. The molecule has 1 atom stereocenters. The van der Waals surface area contributed by atoms with Crippen LogP contribution in [0.15, 0.2) is 72.9 Å². The molecule has 3 aromatic rings. The first kappa shape index (κ1) is 20.9. The van der Waals surface area contributed by atoms with E-state index < -0.39 is 0 Å². The van der Waals surface area contributed by atoms with Crippen molar-refractivity contribution in [2.24, 2.45) is 0 Å². The highest BCUT2D eigenvalue weighted by Gasteiger charge is 2.36. The molecule has 2 aromatic carbocycles. The molecule has 4 rings (SSSR count). The molecule has 0 bridgehead atoms. The van der Waals surface area contributed by atoms with E-state index in [9.17, 15) is 4.79 Å². The standard InChI is InChI=1S/C25H27N3O3/c1-27-17-24(29)28(16-14-19-6-10-22(30-2)11-7-19)25(27)20-8-12-23(13-9-20)31-18-21-5-3-4-15-26-21/h3-13,15,25H,14,16-18H2,1-2H3. The van der Waals surface area contributed by atoms with Gasteiger partial charge in [0.15, 0.2) is 0 Å². The van der Waals surface area contributed by atoms with Crippen molar-refractivity contribution >= 4 is 5.91 Å². The number of methoxy groups -OCH3 is 1. The first-order valence-electron chi connectivity index (χ1n) is 10.4. The van der Waals surface area contributed by atoms with Crippen LogP contribution in [-0.2, 0) is 17.8 Å². The highest BCUT2D eigenvalue weighted by Crippen LogP contribution is 2.31. The van der Waals surface area contributed by atoms with Gasteiger partial charge in [0.25, 0.3) is 0 Å². The van der Waals surface area contributed by atoms with Gasteiger partial charge >= 0.3 is 0 Å². The van der Waals surface area contributed by atoms with Gasteiger partial charge in [-0.15, -0.1) is 0 Å². The number of aromatic nitrogens is 1. The lowest BCUT2D eigenvalue weighted by atomic mass is 10.1. The maximum atomic E-state index is 12.6. The summed E-state index contributed by atoms with van der Waals surface area (Å²) in [6.45, 7) is 1.51. The first-order valence-corrected chi connectivity index (χ1v) is 10.4. The third-order valence-corrected chi connectivity index (χ3v) is 5.51. The second-order valence-electron chi connectivity index (χ2n) is 7.65. The van der Waals surface area contributed by atoms with Crippen LogP contribution in [0.25, 0.3) is 0 Å². The molecule has 0 saturated carbocycles. The zero-order chi connectivity index (χ0) is 21.6. The lowest BCUT2D eigenvalue weighted by molar-refractivity contribution is -0.128. The normalized spacial score (nSPS) is 16.5. The third kappa shape index (κ3) is 5.03. The molecule has 6 nitrogen and oxygen atoms in total. The number of likely N-dealkylation sites (N-methyl/N-ethyl adjacent to an activating group) is 1. The van der Waals surface area contributed by atoms with Crippen LogP contribution in [0.4, 0.5) is 0 Å². The van der Waals surface area contributed by atoms with Gasteiger partial charge < -0.3 is 14.4 Å². The van der Waals surface area contributed by atoms with Gasteiger partial charge in [-0.2, -0.15) is 0 Å². The fourth-order valence-electron chi connectivity index (χ4n) is 3.87. The summed E-state index contributed by atoms with van der Waals surface area (Å²) in [7, 11) is 3.65. The quantitative estimate of drug-likeness (QED) is 0.560. The fraction of sp³-hybridized carbons (Fsp3) is 0.280. The molecule has 1 fully saturated rings. The summed E-state index contributed by atoms with van der Waals surface area (Å²) in [6.07, 6.45) is 2.48. The summed E-state index contributed by atoms with van der Waals surface area (Å²) in [4.78, 5) is 21.0. The molecule has 160 valence electrons. The Labute approximate surface area is 183 Å². The van der Waals surface area contributed by atoms with Gasteiger partial charge in [-0.1, -0.05) is 30.3 Å². The summed E-state index contributed by atoms with van der Waals surface area (Å²) in [5.74, 6) is 1.77. The van der Waals surface area contributed by atoms with Gasteiger partial charge in [0.05, 0.1) is 19.3 Å². The minimum absolute atomic E-state index is 0.0735. The lowest BCUT2D eigenvalue weighted by Gasteiger charge is -2.28. The molecule has 1 aliphatic rings. The van der Waals surface area contributed by atoms with Crippen LogP contribution in [0.2, 0.25) is 0 Å². The van der Waals surface area contributed by atoms with E-state index >= 15 is 0 Å². The van der Waals surface area contributed by atoms with Crippen LogP contribution >= 0.6 is 0 Å². The molecule has 1 saturated heterocycles. The third-order valence-electron chi connectivity index (χ3n) is 5.51. The van der Waals surface area contributed by atoms with Crippen molar-refractivity contribution in [3.05, 3.63) is 89.7 Å². The number of amides is 1. The van der Waals surface area contributed by atoms with E-state index in [0.717, 1.165) is 29.2 Å². The summed E-state index contributed by atoms with van der Waals surface area (Å²) in [6, 6.07) is 21.8. The van der Waals surface area contributed by atoms with Gasteiger partial charge in [-0.3, -0.25) is 14.7 Å². The molecule has 0 radical (unpaired) electrons. The van der Waals surface area contributed by atoms with Crippen molar-refractivity contribution in [2.75, 3.05) is 27.2 Å². The second kappa shape index (κ2) is 9.62. The van der Waals surface area contributed by atoms with Crippen LogP contribution in [0.3, 0.4) is 0 Å². The Kier molecular flexibility index (Phi) is 6.48. The number of nitrogens with zero attached hydrogens (tertiary/aromatic N) is 3. The maximum Gasteiger partial charge on any atom is 0.238 e. The minimum atomic E-state index is -0.0735. The topological polar surface area (TPSA) is 54.9 Å². The zero-order valence-electron chi connectivity index (χ0n) is 17.9. The van der Waals surface area contributed by atoms with Gasteiger partial charge in [0.2, 0.25) is 5.91 Å². The number of carbonyl (C=O) groups is 1. The van der Waals surface area contributed by atoms with Gasteiger partial charge in [-0.05, 0) is 61.0 Å². The number of hydrogen-bond acceptors (Lipinski definition) is 5. The minimum Gasteiger partial charge on any atom is -0.497 e. The number of rotatable bonds is 8. The van der Waals surface area contributed by atoms with E-state index in [-0.39, 0.29) is 12.1 Å². The number of pyridine rings is 1. The second-order valence-corrected chi connectivity index (χ2v) is 7.65. The van der Waals surface area contributed by atoms with Crippen molar-refractivity contribution < 1.29 is 14.3 Å². The number of carbonyl (C=O) groups excluding carboxylic acids is 1. The van der Waals surface area contributed by atoms with E-state index in [0.29, 0.717) is 19.7 Å². The summed E-state index contributed by atoms with van der Waals surface area (Å²) < 4.78 is 11.1. The Hall–Kier alpha value is -3.38. The van der Waals surface area contributed by atoms with Gasteiger partial charge in [-0.25, -0.2) is 0 Å². The molecule has 31 heavy (non-hydrogen) atoms. The summed E-state index contributed by atoms with van der Waals surface area (Å²) >= 11 is 0. The highest BCUT2D eigenvalue weighted by atomic mass is 16.5. The van der Waals surface area contributed by atoms with Crippen LogP contribution in [0.5, 0.6) is 11.5 Å². The van der Waals surface area contributed by atoms with Crippen LogP contribution in [0, 0.1) is 0 Å². The molecule has 1 aromatic heterocycles. The Morgan fingerprint density at radius 1 is 1.00 bits per heavy atom. The number of hydrogen-bond donors (Lipinski definition) is 0. The smallest absolute Gasteiger partial charge is 0.238 e. The zero-order valence-corrected chi connectivity index (χ0v) is 17.9. The van der Waals surface area contributed by atoms with Crippen LogP contribution < -0.4 is 9.47 Å². The number of benzene rings is 2. The maximum absolute atomic E-state index is 12.6. The average molecular weight is 418 g/mol. The number of ether oxygens (including phenoxy) is 2. The monoisotopic (exact) mass is 417 g/mol. The van der Waals surface area contributed by atoms with E-state index in [1.165, 1.54) is 5.56 Å². The molecule has 0 N–H and O–H groups in total. The molecular weight excluding hydrogens is 390 g/mol. The van der Waals surface area contributed by atoms with Crippen LogP contribution in [0.1, 0.15) is 23.0 Å². The predicted molar refractivity (Wildman–Crippen MR) is 119 cm³/mol. The van der Waals surface area contributed by atoms with E-state index in [1.807, 2.05) is 78.7 Å². The Bertz CT molecular complexity index is 991. The molecule has 6 heteroatoms. The Balaban J connectivity index is 1.41. The largest absolute Gasteiger partial charge is 0.497 e. The highest BCUT2D eigenvalue weighted by molar-refractivity contribution is 5.81. The molecule has 1 aliphatic heterocycles. The average Bonchev–Trinajstić information content (AvgIpc) is 3.10. The van der Waals surface area contributed by atoms with Crippen molar-refractivity contribution in [3.8, 4) is 11.5 Å². The molecule has 2 heterocycles. The van der Waals surface area contributed by atoms with Crippen molar-refractivity contribution in [1.82, 2.24) is 14.8 Å². The molecular formula is C25H27N3O3. The first-order chi connectivity index (χ1) is 15.1. The molecule has 0 aliphatic carbocycles. The summed E-state index contributed by atoms with van der Waals surface area (Å²) in [5, 5.41) is 0. The van der Waals surface area contributed by atoms with Crippen molar-refractivity contribution in [3.63, 3.8) is 0 Å².